The van der Waals surface area contributed by atoms with Crippen molar-refractivity contribution >= 4 is 53.0 Å². The lowest BCUT2D eigenvalue weighted by atomic mass is 10.4. The van der Waals surface area contributed by atoms with Gasteiger partial charge in [0.2, 0.25) is 0 Å². The number of thiazole rings is 1. The molecule has 2 rings (SSSR count). The van der Waals surface area contributed by atoms with E-state index in [0.717, 1.165) is 41.5 Å². The first-order chi connectivity index (χ1) is 8.88. The van der Waals surface area contributed by atoms with Crippen molar-refractivity contribution in [3.05, 3.63) is 11.6 Å². The number of hydrogen-bond acceptors (Lipinski definition) is 4. The highest BCUT2D eigenvalue weighted by Gasteiger charge is 2.20. The number of hydrogen-bond donors (Lipinski definition) is 2. The highest BCUT2D eigenvalue weighted by Crippen LogP contribution is 2.27. The van der Waals surface area contributed by atoms with E-state index in [9.17, 15) is 0 Å². The highest BCUT2D eigenvalue weighted by molar-refractivity contribution is 14.0. The molecule has 1 aromatic heterocycles. The van der Waals surface area contributed by atoms with Crippen LogP contribution in [0.3, 0.4) is 0 Å². The van der Waals surface area contributed by atoms with Crippen molar-refractivity contribution in [2.75, 3.05) is 25.9 Å². The fourth-order valence-electron chi connectivity index (χ4n) is 1.50. The monoisotopic (exact) mass is 412 g/mol. The highest BCUT2D eigenvalue weighted by atomic mass is 127. The van der Waals surface area contributed by atoms with Crippen LogP contribution in [-0.4, -0.2) is 36.8 Å². The number of nitrogens with zero attached hydrogens (tertiary/aromatic N) is 2. The molecule has 0 unspecified atom stereocenters. The predicted molar refractivity (Wildman–Crippen MR) is 95.0 cm³/mol. The van der Waals surface area contributed by atoms with Crippen molar-refractivity contribution in [2.24, 2.45) is 10.9 Å². The summed E-state index contributed by atoms with van der Waals surface area (Å²) in [6, 6.07) is 0. The smallest absolute Gasteiger partial charge is 0.190 e. The average Bonchev–Trinajstić information content (AvgIpc) is 3.07. The normalized spacial score (nSPS) is 14.9. The largest absolute Gasteiger partial charge is 0.356 e. The molecule has 0 amide bonds. The zero-order chi connectivity index (χ0) is 12.6. The molecule has 0 radical (unpaired) electrons. The molecule has 0 aromatic carbocycles. The standard InChI is InChI=1S/C12H20N4S2.HI/c1-13-11(16-9-10-3-4-10)14-5-2-7-17-12-15-6-8-18-12;/h6,8,10H,2-5,7,9H2,1H3,(H2,13,14,16);1H. The summed E-state index contributed by atoms with van der Waals surface area (Å²) in [5.74, 6) is 2.91. The Hall–Kier alpha value is -0.0200. The lowest BCUT2D eigenvalue weighted by Crippen LogP contribution is -2.38. The molecular weight excluding hydrogens is 391 g/mol. The van der Waals surface area contributed by atoms with Gasteiger partial charge in [-0.1, -0.05) is 11.8 Å². The molecule has 1 aliphatic carbocycles. The SMILES string of the molecule is CN=C(NCCCSc1nccs1)NCC1CC1.I. The second kappa shape index (κ2) is 9.82. The number of halogens is 1. The maximum Gasteiger partial charge on any atom is 0.190 e. The van der Waals surface area contributed by atoms with Crippen LogP contribution in [0.25, 0.3) is 0 Å². The topological polar surface area (TPSA) is 49.3 Å². The van der Waals surface area contributed by atoms with E-state index < -0.39 is 0 Å². The second-order valence-corrected chi connectivity index (χ2v) is 6.56. The number of aliphatic imine (C=N–C) groups is 1. The van der Waals surface area contributed by atoms with Gasteiger partial charge in [0, 0.05) is 37.5 Å². The van der Waals surface area contributed by atoms with E-state index in [0.29, 0.717) is 0 Å². The summed E-state index contributed by atoms with van der Waals surface area (Å²) >= 11 is 3.53. The molecule has 1 aliphatic rings. The third-order valence-corrected chi connectivity index (χ3v) is 4.78. The summed E-state index contributed by atoms with van der Waals surface area (Å²) in [6.07, 6.45) is 5.71. The molecule has 19 heavy (non-hydrogen) atoms. The quantitative estimate of drug-likeness (QED) is 0.238. The first kappa shape index (κ1) is 17.0. The van der Waals surface area contributed by atoms with Crippen molar-refractivity contribution in [3.63, 3.8) is 0 Å². The Labute approximate surface area is 140 Å². The van der Waals surface area contributed by atoms with Gasteiger partial charge >= 0.3 is 0 Å². The van der Waals surface area contributed by atoms with E-state index in [1.165, 1.54) is 12.8 Å². The van der Waals surface area contributed by atoms with Crippen LogP contribution in [0.2, 0.25) is 0 Å². The van der Waals surface area contributed by atoms with Gasteiger partial charge in [-0.05, 0) is 25.2 Å². The third kappa shape index (κ3) is 7.36. The number of rotatable bonds is 7. The van der Waals surface area contributed by atoms with Gasteiger partial charge in [-0.15, -0.1) is 35.3 Å². The molecule has 1 fully saturated rings. The Kier molecular flexibility index (Phi) is 8.80. The van der Waals surface area contributed by atoms with Crippen molar-refractivity contribution in [1.29, 1.82) is 0 Å². The van der Waals surface area contributed by atoms with Crippen LogP contribution in [0, 0.1) is 5.92 Å². The minimum atomic E-state index is 0. The van der Waals surface area contributed by atoms with E-state index in [1.807, 2.05) is 30.4 Å². The summed E-state index contributed by atoms with van der Waals surface area (Å²) in [6.45, 7) is 2.02. The number of thioether (sulfide) groups is 1. The van der Waals surface area contributed by atoms with E-state index in [2.05, 4.69) is 20.6 Å². The van der Waals surface area contributed by atoms with E-state index in [4.69, 9.17) is 0 Å². The molecule has 0 saturated heterocycles. The maximum absolute atomic E-state index is 4.25. The van der Waals surface area contributed by atoms with Crippen LogP contribution in [0.4, 0.5) is 0 Å². The molecule has 108 valence electrons. The summed E-state index contributed by atoms with van der Waals surface area (Å²) < 4.78 is 1.16. The van der Waals surface area contributed by atoms with Crippen LogP contribution >= 0.6 is 47.1 Å². The van der Waals surface area contributed by atoms with Gasteiger partial charge in [-0.25, -0.2) is 4.98 Å². The first-order valence-corrected chi connectivity index (χ1v) is 8.22. The molecule has 1 saturated carbocycles. The number of aromatic nitrogens is 1. The summed E-state index contributed by atoms with van der Waals surface area (Å²) in [5.41, 5.74) is 0. The van der Waals surface area contributed by atoms with E-state index >= 15 is 0 Å². The summed E-state index contributed by atoms with van der Waals surface area (Å²) in [5, 5.41) is 8.72. The molecule has 1 heterocycles. The van der Waals surface area contributed by atoms with E-state index in [1.54, 1.807) is 11.3 Å². The van der Waals surface area contributed by atoms with E-state index in [-0.39, 0.29) is 24.0 Å². The van der Waals surface area contributed by atoms with Gasteiger partial charge in [-0.3, -0.25) is 4.99 Å². The molecule has 0 aliphatic heterocycles. The molecule has 4 nitrogen and oxygen atoms in total. The molecule has 0 bridgehead atoms. The average molecular weight is 412 g/mol. The van der Waals surface area contributed by atoms with Crippen LogP contribution < -0.4 is 10.6 Å². The first-order valence-electron chi connectivity index (χ1n) is 6.35. The van der Waals surface area contributed by atoms with Gasteiger partial charge in [0.25, 0.3) is 0 Å². The fraction of sp³-hybridized carbons (Fsp3) is 0.667. The van der Waals surface area contributed by atoms with Gasteiger partial charge in [0.1, 0.15) is 4.34 Å². The van der Waals surface area contributed by atoms with Gasteiger partial charge in [-0.2, -0.15) is 0 Å². The van der Waals surface area contributed by atoms with Gasteiger partial charge < -0.3 is 10.6 Å². The van der Waals surface area contributed by atoms with Crippen molar-refractivity contribution in [1.82, 2.24) is 15.6 Å². The maximum atomic E-state index is 4.25. The molecule has 1 aromatic rings. The molecule has 0 atom stereocenters. The third-order valence-electron chi connectivity index (χ3n) is 2.73. The Morgan fingerprint density at radius 1 is 1.53 bits per heavy atom. The number of guanidine groups is 1. The Balaban J connectivity index is 0.00000180. The van der Waals surface area contributed by atoms with Gasteiger partial charge in [0.05, 0.1) is 0 Å². The Morgan fingerprint density at radius 3 is 3.00 bits per heavy atom. The molecular formula is C12H21IN4S2. The predicted octanol–water partition coefficient (Wildman–Crippen LogP) is 2.82. The zero-order valence-corrected chi connectivity index (χ0v) is 15.1. The van der Waals surface area contributed by atoms with Crippen LogP contribution in [0.15, 0.2) is 20.9 Å². The molecule has 7 heteroatoms. The van der Waals surface area contributed by atoms with Crippen LogP contribution in [0.5, 0.6) is 0 Å². The van der Waals surface area contributed by atoms with Gasteiger partial charge in [0.15, 0.2) is 5.96 Å². The lowest BCUT2D eigenvalue weighted by molar-refractivity contribution is 0.731. The number of nitrogens with one attached hydrogen (secondary N) is 2. The minimum absolute atomic E-state index is 0. The van der Waals surface area contributed by atoms with Crippen molar-refractivity contribution in [2.45, 2.75) is 23.6 Å². The summed E-state index contributed by atoms with van der Waals surface area (Å²) in [7, 11) is 1.83. The summed E-state index contributed by atoms with van der Waals surface area (Å²) in [4.78, 5) is 8.46. The van der Waals surface area contributed by atoms with Crippen molar-refractivity contribution in [3.8, 4) is 0 Å². The molecule has 2 N–H and O–H groups in total. The lowest BCUT2D eigenvalue weighted by Gasteiger charge is -2.10. The van der Waals surface area contributed by atoms with Crippen LogP contribution in [0.1, 0.15) is 19.3 Å². The molecule has 0 spiro atoms. The zero-order valence-electron chi connectivity index (χ0n) is 11.1. The van der Waals surface area contributed by atoms with Crippen molar-refractivity contribution < 1.29 is 0 Å². The fourth-order valence-corrected chi connectivity index (χ4v) is 3.15. The Bertz CT molecular complexity index is 366. The van der Waals surface area contributed by atoms with Crippen LogP contribution in [-0.2, 0) is 0 Å². The minimum Gasteiger partial charge on any atom is -0.356 e. The second-order valence-electron chi connectivity index (χ2n) is 4.32. The Morgan fingerprint density at radius 2 is 2.37 bits per heavy atom.